The van der Waals surface area contributed by atoms with E-state index in [-0.39, 0.29) is 25.0 Å². The average molecular weight is 320 g/mol. The Hall–Kier alpha value is -2.08. The van der Waals surface area contributed by atoms with Gasteiger partial charge in [-0.15, -0.1) is 0 Å². The lowest BCUT2D eigenvalue weighted by molar-refractivity contribution is -0.142. The highest BCUT2D eigenvalue weighted by Gasteiger charge is 2.24. The van der Waals surface area contributed by atoms with E-state index >= 15 is 0 Å². The third-order valence-electron chi connectivity index (χ3n) is 4.16. The third-order valence-corrected chi connectivity index (χ3v) is 4.16. The van der Waals surface area contributed by atoms with Crippen molar-refractivity contribution in [2.24, 2.45) is 0 Å². The van der Waals surface area contributed by atoms with E-state index < -0.39 is 0 Å². The van der Waals surface area contributed by atoms with Gasteiger partial charge >= 0.3 is 0 Å². The minimum atomic E-state index is -0.0512. The first-order valence-corrected chi connectivity index (χ1v) is 7.76. The van der Waals surface area contributed by atoms with Crippen LogP contribution in [0, 0.1) is 13.8 Å². The van der Waals surface area contributed by atoms with Gasteiger partial charge in [-0.2, -0.15) is 0 Å². The van der Waals surface area contributed by atoms with E-state index in [4.69, 9.17) is 9.47 Å². The highest BCUT2D eigenvalue weighted by atomic mass is 16.5. The van der Waals surface area contributed by atoms with Crippen molar-refractivity contribution in [2.45, 2.75) is 13.8 Å². The van der Waals surface area contributed by atoms with Gasteiger partial charge in [-0.1, -0.05) is 12.1 Å². The number of carbonyl (C=O) groups excluding carboxylic acids is 2. The predicted octanol–water partition coefficient (Wildman–Crippen LogP) is 0.999. The molecule has 0 aromatic heterocycles. The Kier molecular flexibility index (Phi) is 5.98. The van der Waals surface area contributed by atoms with Crippen LogP contribution < -0.4 is 4.74 Å². The third kappa shape index (κ3) is 4.45. The lowest BCUT2D eigenvalue weighted by Crippen LogP contribution is -2.52. The van der Waals surface area contributed by atoms with E-state index in [1.807, 2.05) is 32.0 Å². The molecule has 1 aliphatic rings. The molecule has 0 saturated carbocycles. The zero-order valence-electron chi connectivity index (χ0n) is 14.0. The molecule has 0 spiro atoms. The molecule has 0 aliphatic carbocycles. The van der Waals surface area contributed by atoms with Crippen LogP contribution in [0.2, 0.25) is 0 Å². The van der Waals surface area contributed by atoms with E-state index in [0.29, 0.717) is 26.2 Å². The number of rotatable bonds is 5. The maximum absolute atomic E-state index is 12.2. The second-order valence-electron chi connectivity index (χ2n) is 5.68. The van der Waals surface area contributed by atoms with E-state index in [1.54, 1.807) is 9.80 Å². The van der Waals surface area contributed by atoms with Gasteiger partial charge in [0.25, 0.3) is 5.91 Å². The predicted molar refractivity (Wildman–Crippen MR) is 86.4 cm³/mol. The molecule has 0 atom stereocenters. The molecule has 1 aliphatic heterocycles. The zero-order valence-corrected chi connectivity index (χ0v) is 14.0. The number of hydrogen-bond acceptors (Lipinski definition) is 4. The highest BCUT2D eigenvalue weighted by Crippen LogP contribution is 2.20. The monoisotopic (exact) mass is 320 g/mol. The molecular formula is C17H24N2O4. The summed E-state index contributed by atoms with van der Waals surface area (Å²) < 4.78 is 10.5. The average Bonchev–Trinajstić information content (AvgIpc) is 2.56. The van der Waals surface area contributed by atoms with E-state index in [0.717, 1.165) is 16.9 Å². The molecule has 1 saturated heterocycles. The van der Waals surface area contributed by atoms with Crippen molar-refractivity contribution < 1.29 is 19.1 Å². The molecule has 6 nitrogen and oxygen atoms in total. The molecule has 2 amide bonds. The normalized spacial score (nSPS) is 14.7. The number of ether oxygens (including phenoxy) is 2. The molecule has 2 rings (SSSR count). The topological polar surface area (TPSA) is 59.1 Å². The molecule has 6 heteroatoms. The Bertz CT molecular complexity index is 566. The number of nitrogens with zero attached hydrogens (tertiary/aromatic N) is 2. The van der Waals surface area contributed by atoms with Crippen LogP contribution in [0.1, 0.15) is 11.1 Å². The van der Waals surface area contributed by atoms with Gasteiger partial charge in [-0.3, -0.25) is 9.59 Å². The molecule has 1 aromatic carbocycles. The van der Waals surface area contributed by atoms with Crippen molar-refractivity contribution in [3.05, 3.63) is 29.3 Å². The molecule has 1 fully saturated rings. The Morgan fingerprint density at radius 2 is 1.57 bits per heavy atom. The van der Waals surface area contributed by atoms with Gasteiger partial charge in [0.15, 0.2) is 6.61 Å². The highest BCUT2D eigenvalue weighted by molar-refractivity contribution is 5.80. The fraction of sp³-hybridized carbons (Fsp3) is 0.529. The van der Waals surface area contributed by atoms with Crippen molar-refractivity contribution >= 4 is 11.8 Å². The maximum atomic E-state index is 12.2. The minimum Gasteiger partial charge on any atom is -0.483 e. The summed E-state index contributed by atoms with van der Waals surface area (Å²) in [5.74, 6) is 0.656. The van der Waals surface area contributed by atoms with Crippen LogP contribution in [0.15, 0.2) is 18.2 Å². The Labute approximate surface area is 137 Å². The smallest absolute Gasteiger partial charge is 0.260 e. The Morgan fingerprint density at radius 1 is 1.00 bits per heavy atom. The molecular weight excluding hydrogens is 296 g/mol. The van der Waals surface area contributed by atoms with Gasteiger partial charge in [0.2, 0.25) is 5.91 Å². The number of benzene rings is 1. The van der Waals surface area contributed by atoms with Crippen molar-refractivity contribution in [2.75, 3.05) is 46.5 Å². The minimum absolute atomic E-state index is 0.0241. The molecule has 126 valence electrons. The summed E-state index contributed by atoms with van der Waals surface area (Å²) in [6, 6.07) is 5.81. The van der Waals surface area contributed by atoms with Gasteiger partial charge in [0.05, 0.1) is 0 Å². The second kappa shape index (κ2) is 7.97. The van der Waals surface area contributed by atoms with Crippen LogP contribution in [0.4, 0.5) is 0 Å². The van der Waals surface area contributed by atoms with Gasteiger partial charge in [-0.05, 0) is 31.0 Å². The number of aryl methyl sites for hydroxylation is 1. The fourth-order valence-electron chi connectivity index (χ4n) is 2.53. The van der Waals surface area contributed by atoms with Crippen molar-refractivity contribution in [1.29, 1.82) is 0 Å². The molecule has 0 bridgehead atoms. The molecule has 0 unspecified atom stereocenters. The largest absolute Gasteiger partial charge is 0.483 e. The van der Waals surface area contributed by atoms with E-state index in [1.165, 1.54) is 7.11 Å². The van der Waals surface area contributed by atoms with Crippen LogP contribution in [0.5, 0.6) is 5.75 Å². The lowest BCUT2D eigenvalue weighted by atomic mass is 10.1. The van der Waals surface area contributed by atoms with E-state index in [9.17, 15) is 9.59 Å². The van der Waals surface area contributed by atoms with Crippen LogP contribution >= 0.6 is 0 Å². The quantitative estimate of drug-likeness (QED) is 0.812. The Morgan fingerprint density at radius 3 is 2.13 bits per heavy atom. The van der Waals surface area contributed by atoms with Gasteiger partial charge in [0.1, 0.15) is 12.4 Å². The van der Waals surface area contributed by atoms with Crippen LogP contribution in [-0.2, 0) is 14.3 Å². The Balaban J connectivity index is 1.81. The summed E-state index contributed by atoms with van der Waals surface area (Å²) in [6.45, 7) is 6.25. The van der Waals surface area contributed by atoms with Crippen molar-refractivity contribution in [3.63, 3.8) is 0 Å². The number of hydrogen-bond donors (Lipinski definition) is 0. The van der Waals surface area contributed by atoms with Gasteiger partial charge in [0, 0.05) is 33.3 Å². The second-order valence-corrected chi connectivity index (χ2v) is 5.68. The molecule has 1 aromatic rings. The molecule has 0 radical (unpaired) electrons. The number of methoxy groups -OCH3 is 1. The first-order chi connectivity index (χ1) is 11.0. The van der Waals surface area contributed by atoms with Gasteiger partial charge in [-0.25, -0.2) is 0 Å². The van der Waals surface area contributed by atoms with Crippen LogP contribution in [0.3, 0.4) is 0 Å². The summed E-state index contributed by atoms with van der Waals surface area (Å²) in [5, 5.41) is 0. The summed E-state index contributed by atoms with van der Waals surface area (Å²) in [6.07, 6.45) is 0. The van der Waals surface area contributed by atoms with Crippen LogP contribution in [0.25, 0.3) is 0 Å². The van der Waals surface area contributed by atoms with E-state index in [2.05, 4.69) is 0 Å². The standard InChI is InChI=1S/C17H24N2O4/c1-13-5-4-6-15(14(13)2)23-12-17(21)19-9-7-18(8-10-19)16(20)11-22-3/h4-6H,7-12H2,1-3H3. The first-order valence-electron chi connectivity index (χ1n) is 7.76. The molecule has 0 N–H and O–H groups in total. The molecule has 23 heavy (non-hydrogen) atoms. The summed E-state index contributed by atoms with van der Waals surface area (Å²) >= 11 is 0. The zero-order chi connectivity index (χ0) is 16.8. The summed E-state index contributed by atoms with van der Waals surface area (Å²) in [7, 11) is 1.50. The number of carbonyl (C=O) groups is 2. The summed E-state index contributed by atoms with van der Waals surface area (Å²) in [4.78, 5) is 27.4. The van der Waals surface area contributed by atoms with Gasteiger partial charge < -0.3 is 19.3 Å². The summed E-state index contributed by atoms with van der Waals surface area (Å²) in [5.41, 5.74) is 2.19. The lowest BCUT2D eigenvalue weighted by Gasteiger charge is -2.34. The SMILES string of the molecule is COCC(=O)N1CCN(C(=O)COc2cccc(C)c2C)CC1. The first kappa shape index (κ1) is 17.3. The van der Waals surface area contributed by atoms with Crippen LogP contribution in [-0.4, -0.2) is 68.1 Å². The number of amides is 2. The van der Waals surface area contributed by atoms with Crippen molar-refractivity contribution in [3.8, 4) is 5.75 Å². The fourth-order valence-corrected chi connectivity index (χ4v) is 2.53. The molecule has 1 heterocycles. The maximum Gasteiger partial charge on any atom is 0.260 e. The number of piperazine rings is 1. The van der Waals surface area contributed by atoms with Crippen molar-refractivity contribution in [1.82, 2.24) is 9.80 Å².